The zero-order valence-electron chi connectivity index (χ0n) is 9.19. The van der Waals surface area contributed by atoms with Crippen molar-refractivity contribution in [3.63, 3.8) is 0 Å². The lowest BCUT2D eigenvalue weighted by Gasteiger charge is -2.31. The highest BCUT2D eigenvalue weighted by Crippen LogP contribution is 2.26. The Morgan fingerprint density at radius 3 is 2.81 bits per heavy atom. The summed E-state index contributed by atoms with van der Waals surface area (Å²) < 4.78 is 0. The van der Waals surface area contributed by atoms with E-state index in [1.807, 2.05) is 24.3 Å². The summed E-state index contributed by atoms with van der Waals surface area (Å²) in [6.45, 7) is 1.66. The minimum Gasteiger partial charge on any atom is -0.393 e. The summed E-state index contributed by atoms with van der Waals surface area (Å²) in [5, 5.41) is 21.4. The van der Waals surface area contributed by atoms with Gasteiger partial charge in [0.1, 0.15) is 0 Å². The Balaban J connectivity index is 1.79. The molecule has 0 bridgehead atoms. The smallest absolute Gasteiger partial charge is 0.0995 e. The quantitative estimate of drug-likeness (QED) is 0.800. The first-order valence-electron chi connectivity index (χ1n) is 5.66. The second kappa shape index (κ2) is 5.11. The number of aliphatic hydroxyl groups is 1. The number of rotatable bonds is 4. The van der Waals surface area contributed by atoms with Crippen LogP contribution < -0.4 is 5.32 Å². The van der Waals surface area contributed by atoms with Gasteiger partial charge in [-0.25, -0.2) is 0 Å². The van der Waals surface area contributed by atoms with Gasteiger partial charge in [0.15, 0.2) is 0 Å². The molecule has 1 aromatic rings. The Morgan fingerprint density at radius 2 is 2.12 bits per heavy atom. The van der Waals surface area contributed by atoms with Crippen molar-refractivity contribution in [2.24, 2.45) is 5.92 Å². The molecule has 84 valence electrons. The maximum absolute atomic E-state index is 9.15. The van der Waals surface area contributed by atoms with Crippen LogP contribution in [0.1, 0.15) is 24.0 Å². The summed E-state index contributed by atoms with van der Waals surface area (Å²) >= 11 is 0. The van der Waals surface area contributed by atoms with Crippen LogP contribution >= 0.6 is 0 Å². The Kier molecular flexibility index (Phi) is 3.55. The van der Waals surface area contributed by atoms with E-state index >= 15 is 0 Å². The van der Waals surface area contributed by atoms with E-state index in [9.17, 15) is 0 Å². The van der Waals surface area contributed by atoms with Crippen LogP contribution in [0.15, 0.2) is 24.3 Å². The Morgan fingerprint density at radius 1 is 1.38 bits per heavy atom. The molecule has 3 heteroatoms. The van der Waals surface area contributed by atoms with Crippen LogP contribution in [0.2, 0.25) is 0 Å². The number of hydrogen-bond acceptors (Lipinski definition) is 3. The van der Waals surface area contributed by atoms with Gasteiger partial charge in [0.25, 0.3) is 0 Å². The molecule has 0 radical (unpaired) electrons. The van der Waals surface area contributed by atoms with E-state index in [1.165, 1.54) is 0 Å². The van der Waals surface area contributed by atoms with Crippen molar-refractivity contribution < 1.29 is 5.11 Å². The first kappa shape index (κ1) is 11.1. The van der Waals surface area contributed by atoms with Gasteiger partial charge in [-0.1, -0.05) is 18.2 Å². The van der Waals surface area contributed by atoms with E-state index in [0.29, 0.717) is 5.92 Å². The molecular weight excluding hydrogens is 200 g/mol. The second-order valence-corrected chi connectivity index (χ2v) is 4.39. The van der Waals surface area contributed by atoms with Crippen molar-refractivity contribution in [1.82, 2.24) is 5.32 Å². The van der Waals surface area contributed by atoms with Gasteiger partial charge in [0.05, 0.1) is 17.7 Å². The Hall–Kier alpha value is -1.37. The SMILES string of the molecule is N#Cc1ccccc1CNCC1CC(O)C1. The van der Waals surface area contributed by atoms with E-state index in [1.54, 1.807) is 0 Å². The van der Waals surface area contributed by atoms with Crippen molar-refractivity contribution in [2.75, 3.05) is 6.54 Å². The third kappa shape index (κ3) is 2.60. The lowest BCUT2D eigenvalue weighted by Crippen LogP contribution is -2.35. The zero-order chi connectivity index (χ0) is 11.4. The highest BCUT2D eigenvalue weighted by atomic mass is 16.3. The third-order valence-corrected chi connectivity index (χ3v) is 3.10. The molecule has 0 aromatic heterocycles. The predicted octanol–water partition coefficient (Wildman–Crippen LogP) is 1.42. The lowest BCUT2D eigenvalue weighted by molar-refractivity contribution is 0.0430. The minimum atomic E-state index is -0.0850. The van der Waals surface area contributed by atoms with Gasteiger partial charge >= 0.3 is 0 Å². The van der Waals surface area contributed by atoms with Gasteiger partial charge in [0.2, 0.25) is 0 Å². The van der Waals surface area contributed by atoms with Crippen LogP contribution in [0.4, 0.5) is 0 Å². The fraction of sp³-hybridized carbons (Fsp3) is 0.462. The molecule has 0 atom stereocenters. The average molecular weight is 216 g/mol. The Bertz CT molecular complexity index is 391. The molecule has 1 saturated carbocycles. The van der Waals surface area contributed by atoms with Gasteiger partial charge in [0, 0.05) is 6.54 Å². The number of benzene rings is 1. The highest BCUT2D eigenvalue weighted by molar-refractivity contribution is 5.37. The normalized spacial score (nSPS) is 23.5. The van der Waals surface area contributed by atoms with Gasteiger partial charge in [-0.05, 0) is 36.9 Å². The van der Waals surface area contributed by atoms with Crippen LogP contribution in [0.5, 0.6) is 0 Å². The van der Waals surface area contributed by atoms with Crippen molar-refractivity contribution in [1.29, 1.82) is 5.26 Å². The summed E-state index contributed by atoms with van der Waals surface area (Å²) in [6.07, 6.45) is 1.73. The van der Waals surface area contributed by atoms with Gasteiger partial charge < -0.3 is 10.4 Å². The number of nitriles is 1. The predicted molar refractivity (Wildman–Crippen MR) is 61.6 cm³/mol. The molecule has 1 aromatic carbocycles. The molecule has 0 unspecified atom stereocenters. The Labute approximate surface area is 95.7 Å². The molecule has 2 rings (SSSR count). The van der Waals surface area contributed by atoms with Crippen molar-refractivity contribution in [2.45, 2.75) is 25.5 Å². The highest BCUT2D eigenvalue weighted by Gasteiger charge is 2.26. The van der Waals surface area contributed by atoms with Gasteiger partial charge in [-0.3, -0.25) is 0 Å². The fourth-order valence-electron chi connectivity index (χ4n) is 2.06. The fourth-order valence-corrected chi connectivity index (χ4v) is 2.06. The molecule has 0 amide bonds. The second-order valence-electron chi connectivity index (χ2n) is 4.39. The topological polar surface area (TPSA) is 56.0 Å². The maximum atomic E-state index is 9.15. The first-order chi connectivity index (χ1) is 7.79. The van der Waals surface area contributed by atoms with Gasteiger partial charge in [-0.15, -0.1) is 0 Å². The monoisotopic (exact) mass is 216 g/mol. The van der Waals surface area contributed by atoms with Gasteiger partial charge in [-0.2, -0.15) is 5.26 Å². The van der Waals surface area contributed by atoms with Crippen molar-refractivity contribution in [3.05, 3.63) is 35.4 Å². The largest absolute Gasteiger partial charge is 0.393 e. The molecule has 16 heavy (non-hydrogen) atoms. The third-order valence-electron chi connectivity index (χ3n) is 3.10. The van der Waals surface area contributed by atoms with Crippen molar-refractivity contribution >= 4 is 0 Å². The standard InChI is InChI=1S/C13H16N2O/c14-7-11-3-1-2-4-12(11)9-15-8-10-5-13(16)6-10/h1-4,10,13,15-16H,5-6,8-9H2. The van der Waals surface area contributed by atoms with E-state index in [0.717, 1.165) is 37.1 Å². The summed E-state index contributed by atoms with van der Waals surface area (Å²) in [4.78, 5) is 0. The van der Waals surface area contributed by atoms with E-state index in [2.05, 4.69) is 11.4 Å². The molecule has 2 N–H and O–H groups in total. The number of nitrogens with zero attached hydrogens (tertiary/aromatic N) is 1. The molecular formula is C13H16N2O. The van der Waals surface area contributed by atoms with Crippen LogP contribution in [-0.4, -0.2) is 17.8 Å². The van der Waals surface area contributed by atoms with Crippen LogP contribution in [0, 0.1) is 17.2 Å². The number of aliphatic hydroxyl groups excluding tert-OH is 1. The summed E-state index contributed by atoms with van der Waals surface area (Å²) in [5.41, 5.74) is 1.79. The van der Waals surface area contributed by atoms with E-state index < -0.39 is 0 Å². The summed E-state index contributed by atoms with van der Waals surface area (Å²) in [7, 11) is 0. The van der Waals surface area contributed by atoms with E-state index in [4.69, 9.17) is 10.4 Å². The summed E-state index contributed by atoms with van der Waals surface area (Å²) in [6, 6.07) is 9.83. The first-order valence-corrected chi connectivity index (χ1v) is 5.66. The van der Waals surface area contributed by atoms with Crippen molar-refractivity contribution in [3.8, 4) is 6.07 Å². The molecule has 1 aliphatic rings. The molecule has 0 heterocycles. The molecule has 1 aliphatic carbocycles. The van der Waals surface area contributed by atoms with Crippen LogP contribution in [-0.2, 0) is 6.54 Å². The molecule has 0 spiro atoms. The molecule has 0 saturated heterocycles. The average Bonchev–Trinajstić information content (AvgIpc) is 2.27. The zero-order valence-corrected chi connectivity index (χ0v) is 9.19. The van der Waals surface area contributed by atoms with Crippen LogP contribution in [0.25, 0.3) is 0 Å². The minimum absolute atomic E-state index is 0.0850. The van der Waals surface area contributed by atoms with E-state index in [-0.39, 0.29) is 6.10 Å². The lowest BCUT2D eigenvalue weighted by atomic mass is 9.82. The molecule has 1 fully saturated rings. The molecule has 3 nitrogen and oxygen atoms in total. The number of hydrogen-bond donors (Lipinski definition) is 2. The maximum Gasteiger partial charge on any atom is 0.0995 e. The number of nitrogens with one attached hydrogen (secondary N) is 1. The molecule has 0 aliphatic heterocycles. The summed E-state index contributed by atoms with van der Waals surface area (Å²) in [5.74, 6) is 0.601. The van der Waals surface area contributed by atoms with Crippen LogP contribution in [0.3, 0.4) is 0 Å².